The summed E-state index contributed by atoms with van der Waals surface area (Å²) in [5.41, 5.74) is 1.20. The van der Waals surface area contributed by atoms with Crippen LogP contribution in [0, 0.1) is 0 Å². The smallest absolute Gasteiger partial charge is 0.209 e. The number of halogens is 1. The van der Waals surface area contributed by atoms with Gasteiger partial charge in [-0.05, 0) is 37.1 Å². The lowest BCUT2D eigenvalue weighted by molar-refractivity contribution is 0.494. The maximum atomic E-state index is 11.3. The van der Waals surface area contributed by atoms with Gasteiger partial charge in [0.15, 0.2) is 0 Å². The normalized spacial score (nSPS) is 24.3. The van der Waals surface area contributed by atoms with E-state index in [1.165, 1.54) is 11.8 Å². The first-order chi connectivity index (χ1) is 8.44. The molecule has 0 aromatic heterocycles. The van der Waals surface area contributed by atoms with Crippen molar-refractivity contribution in [3.63, 3.8) is 0 Å². The molecule has 0 saturated carbocycles. The number of hydrogen-bond donors (Lipinski definition) is 2. The molecule has 1 saturated heterocycles. The maximum Gasteiger partial charge on any atom is 0.209 e. The Balaban J connectivity index is 2.04. The average molecular weight is 333 g/mol. The fourth-order valence-electron chi connectivity index (χ4n) is 2.32. The summed E-state index contributed by atoms with van der Waals surface area (Å²) in [7, 11) is -3.14. The highest BCUT2D eigenvalue weighted by Gasteiger charge is 2.28. The second kappa shape index (κ2) is 5.69. The highest BCUT2D eigenvalue weighted by molar-refractivity contribution is 9.10. The molecule has 2 atom stereocenters. The van der Waals surface area contributed by atoms with E-state index < -0.39 is 10.0 Å². The molecule has 18 heavy (non-hydrogen) atoms. The van der Waals surface area contributed by atoms with Crippen LogP contribution in [0.3, 0.4) is 0 Å². The number of hydrogen-bond acceptors (Lipinski definition) is 3. The monoisotopic (exact) mass is 332 g/mol. The largest absolute Gasteiger partial charge is 0.312 e. The summed E-state index contributed by atoms with van der Waals surface area (Å²) in [5, 5.41) is 3.35. The molecular formula is C12H17BrN2O2S. The Morgan fingerprint density at radius 3 is 2.94 bits per heavy atom. The van der Waals surface area contributed by atoms with Crippen LogP contribution in [-0.4, -0.2) is 33.3 Å². The van der Waals surface area contributed by atoms with E-state index >= 15 is 0 Å². The van der Waals surface area contributed by atoms with E-state index in [1.54, 1.807) is 0 Å². The Kier molecular flexibility index (Phi) is 4.42. The summed E-state index contributed by atoms with van der Waals surface area (Å²) < 4.78 is 26.3. The van der Waals surface area contributed by atoms with Gasteiger partial charge in [0.25, 0.3) is 0 Å². The van der Waals surface area contributed by atoms with Crippen LogP contribution in [0.2, 0.25) is 0 Å². The van der Waals surface area contributed by atoms with Gasteiger partial charge in [0.2, 0.25) is 10.0 Å². The van der Waals surface area contributed by atoms with Crippen molar-refractivity contribution >= 4 is 26.0 Å². The van der Waals surface area contributed by atoms with Crippen molar-refractivity contribution in [1.82, 2.24) is 10.0 Å². The van der Waals surface area contributed by atoms with Crippen LogP contribution in [-0.2, 0) is 16.4 Å². The van der Waals surface area contributed by atoms with E-state index in [0.29, 0.717) is 0 Å². The zero-order valence-electron chi connectivity index (χ0n) is 10.2. The minimum Gasteiger partial charge on any atom is -0.312 e. The highest BCUT2D eigenvalue weighted by atomic mass is 79.9. The van der Waals surface area contributed by atoms with Gasteiger partial charge < -0.3 is 5.32 Å². The Bertz CT molecular complexity index is 519. The van der Waals surface area contributed by atoms with Crippen LogP contribution in [0.1, 0.15) is 12.0 Å². The minimum atomic E-state index is -3.14. The average Bonchev–Trinajstić information content (AvgIpc) is 2.63. The Labute approximate surface area is 116 Å². The van der Waals surface area contributed by atoms with E-state index in [2.05, 4.69) is 38.1 Å². The topological polar surface area (TPSA) is 58.2 Å². The molecule has 6 heteroatoms. The predicted molar refractivity (Wildman–Crippen MR) is 76.0 cm³/mol. The number of sulfonamides is 1. The van der Waals surface area contributed by atoms with Crippen molar-refractivity contribution < 1.29 is 8.42 Å². The summed E-state index contributed by atoms with van der Waals surface area (Å²) in [6.07, 6.45) is 2.87. The molecule has 0 spiro atoms. The van der Waals surface area contributed by atoms with Crippen molar-refractivity contribution in [1.29, 1.82) is 0 Å². The predicted octanol–water partition coefficient (Wildman–Crippen LogP) is 1.27. The molecule has 0 aliphatic carbocycles. The van der Waals surface area contributed by atoms with Crippen LogP contribution in [0.5, 0.6) is 0 Å². The van der Waals surface area contributed by atoms with Gasteiger partial charge in [-0.25, -0.2) is 13.1 Å². The molecule has 1 heterocycles. The third kappa shape index (κ3) is 4.05. The van der Waals surface area contributed by atoms with E-state index in [0.717, 1.165) is 23.9 Å². The lowest BCUT2D eigenvalue weighted by Crippen LogP contribution is -2.44. The van der Waals surface area contributed by atoms with E-state index in [9.17, 15) is 8.42 Å². The molecule has 1 aliphatic heterocycles. The van der Waals surface area contributed by atoms with Crippen molar-refractivity contribution in [2.45, 2.75) is 24.9 Å². The van der Waals surface area contributed by atoms with Crippen molar-refractivity contribution in [3.05, 3.63) is 34.3 Å². The first kappa shape index (κ1) is 14.0. The van der Waals surface area contributed by atoms with Gasteiger partial charge in [-0.2, -0.15) is 0 Å². The number of nitrogens with one attached hydrogen (secondary N) is 2. The van der Waals surface area contributed by atoms with E-state index in [-0.39, 0.29) is 12.1 Å². The SMILES string of the molecule is CS(=O)(=O)NC1CCNC1Cc1cccc(Br)c1. The lowest BCUT2D eigenvalue weighted by atomic mass is 10.0. The maximum absolute atomic E-state index is 11.3. The molecule has 1 aromatic rings. The zero-order chi connectivity index (χ0) is 13.2. The van der Waals surface area contributed by atoms with Gasteiger partial charge in [-0.1, -0.05) is 28.1 Å². The van der Waals surface area contributed by atoms with Gasteiger partial charge in [0, 0.05) is 16.6 Å². The van der Waals surface area contributed by atoms with Gasteiger partial charge in [0.05, 0.1) is 6.26 Å². The van der Waals surface area contributed by atoms with Gasteiger partial charge in [-0.3, -0.25) is 0 Å². The second-order valence-electron chi connectivity index (χ2n) is 4.68. The molecule has 0 radical (unpaired) electrons. The summed E-state index contributed by atoms with van der Waals surface area (Å²) >= 11 is 3.44. The van der Waals surface area contributed by atoms with Crippen LogP contribution >= 0.6 is 15.9 Å². The van der Waals surface area contributed by atoms with Crippen molar-refractivity contribution in [2.75, 3.05) is 12.8 Å². The fraction of sp³-hybridized carbons (Fsp3) is 0.500. The summed E-state index contributed by atoms with van der Waals surface area (Å²) in [6.45, 7) is 0.853. The second-order valence-corrected chi connectivity index (χ2v) is 7.38. The van der Waals surface area contributed by atoms with Crippen LogP contribution in [0.25, 0.3) is 0 Å². The lowest BCUT2D eigenvalue weighted by Gasteiger charge is -2.20. The van der Waals surface area contributed by atoms with Gasteiger partial charge >= 0.3 is 0 Å². The summed E-state index contributed by atoms with van der Waals surface area (Å²) in [6, 6.07) is 8.25. The van der Waals surface area contributed by atoms with Gasteiger partial charge in [0.1, 0.15) is 0 Å². The summed E-state index contributed by atoms with van der Waals surface area (Å²) in [5.74, 6) is 0. The molecule has 4 nitrogen and oxygen atoms in total. The van der Waals surface area contributed by atoms with E-state index in [4.69, 9.17) is 0 Å². The molecule has 1 aromatic carbocycles. The quantitative estimate of drug-likeness (QED) is 0.873. The summed E-state index contributed by atoms with van der Waals surface area (Å²) in [4.78, 5) is 0. The molecule has 0 amide bonds. The molecule has 100 valence electrons. The molecule has 1 fully saturated rings. The Morgan fingerprint density at radius 2 is 2.28 bits per heavy atom. The fourth-order valence-corrected chi connectivity index (χ4v) is 3.59. The third-order valence-corrected chi connectivity index (χ3v) is 4.28. The van der Waals surface area contributed by atoms with E-state index in [1.807, 2.05) is 12.1 Å². The number of rotatable bonds is 4. The van der Waals surface area contributed by atoms with Gasteiger partial charge in [-0.15, -0.1) is 0 Å². The molecule has 2 rings (SSSR count). The Hall–Kier alpha value is -0.430. The van der Waals surface area contributed by atoms with Crippen LogP contribution in [0.15, 0.2) is 28.7 Å². The first-order valence-corrected chi connectivity index (χ1v) is 8.57. The molecule has 2 unspecified atom stereocenters. The zero-order valence-corrected chi connectivity index (χ0v) is 12.6. The third-order valence-electron chi connectivity index (χ3n) is 3.06. The standard InChI is InChI=1S/C12H17BrN2O2S/c1-18(16,17)15-11-5-6-14-12(11)8-9-3-2-4-10(13)7-9/h2-4,7,11-12,14-15H,5-6,8H2,1H3. The van der Waals surface area contributed by atoms with Crippen LogP contribution < -0.4 is 10.0 Å². The molecule has 1 aliphatic rings. The minimum absolute atomic E-state index is 0.0148. The highest BCUT2D eigenvalue weighted by Crippen LogP contribution is 2.17. The first-order valence-electron chi connectivity index (χ1n) is 5.89. The van der Waals surface area contributed by atoms with Crippen LogP contribution in [0.4, 0.5) is 0 Å². The molecular weight excluding hydrogens is 316 g/mol. The Morgan fingerprint density at radius 1 is 1.50 bits per heavy atom. The van der Waals surface area contributed by atoms with Crippen molar-refractivity contribution in [2.24, 2.45) is 0 Å². The number of benzene rings is 1. The molecule has 0 bridgehead atoms. The molecule has 2 N–H and O–H groups in total. The van der Waals surface area contributed by atoms with Crippen molar-refractivity contribution in [3.8, 4) is 0 Å².